The summed E-state index contributed by atoms with van der Waals surface area (Å²) < 4.78 is 1.85. The van der Waals surface area contributed by atoms with Crippen molar-refractivity contribution in [3.05, 3.63) is 43.6 Å². The van der Waals surface area contributed by atoms with Gasteiger partial charge >= 0.3 is 0 Å². The van der Waals surface area contributed by atoms with Gasteiger partial charge in [0.05, 0.1) is 0 Å². The standard InChI is InChI=1S/C15H17BrN2S/c1-5-12-10(4)17-14(18-15(12)19)11-6-8(2)13(16)9(3)7-11/h6-7H,5H2,1-4H3,(H,17,18,19). The zero-order chi connectivity index (χ0) is 14.2. The summed E-state index contributed by atoms with van der Waals surface area (Å²) in [5.74, 6) is 0.846. The molecule has 0 saturated carbocycles. The highest BCUT2D eigenvalue weighted by Gasteiger charge is 2.08. The van der Waals surface area contributed by atoms with Gasteiger partial charge in [-0.15, -0.1) is 0 Å². The van der Waals surface area contributed by atoms with E-state index >= 15 is 0 Å². The highest BCUT2D eigenvalue weighted by Crippen LogP contribution is 2.27. The van der Waals surface area contributed by atoms with E-state index in [0.29, 0.717) is 4.64 Å². The van der Waals surface area contributed by atoms with E-state index in [2.05, 4.69) is 65.7 Å². The molecule has 2 aromatic rings. The maximum absolute atomic E-state index is 5.38. The lowest BCUT2D eigenvalue weighted by Crippen LogP contribution is -1.99. The van der Waals surface area contributed by atoms with Crippen LogP contribution in [0.3, 0.4) is 0 Å². The minimum atomic E-state index is 0.701. The van der Waals surface area contributed by atoms with Crippen molar-refractivity contribution in [3.8, 4) is 11.4 Å². The molecule has 0 atom stereocenters. The Kier molecular flexibility index (Phi) is 4.21. The van der Waals surface area contributed by atoms with Gasteiger partial charge in [0.2, 0.25) is 0 Å². The Morgan fingerprint density at radius 1 is 1.21 bits per heavy atom. The first-order valence-corrected chi connectivity index (χ1v) is 7.51. The second-order valence-corrected chi connectivity index (χ2v) is 5.95. The minimum absolute atomic E-state index is 0.701. The molecule has 19 heavy (non-hydrogen) atoms. The maximum Gasteiger partial charge on any atom is 0.139 e. The highest BCUT2D eigenvalue weighted by molar-refractivity contribution is 9.10. The molecule has 0 saturated heterocycles. The maximum atomic E-state index is 5.38. The number of aryl methyl sites for hydroxylation is 3. The molecule has 0 aliphatic heterocycles. The minimum Gasteiger partial charge on any atom is -0.343 e. The van der Waals surface area contributed by atoms with Crippen LogP contribution in [0.25, 0.3) is 11.4 Å². The predicted molar refractivity (Wildman–Crippen MR) is 86.1 cm³/mol. The van der Waals surface area contributed by atoms with Crippen LogP contribution in [0.4, 0.5) is 0 Å². The molecule has 0 aliphatic carbocycles. The van der Waals surface area contributed by atoms with Gasteiger partial charge in [-0.3, -0.25) is 0 Å². The zero-order valence-electron chi connectivity index (χ0n) is 11.6. The van der Waals surface area contributed by atoms with Gasteiger partial charge in [-0.05, 0) is 50.5 Å². The summed E-state index contributed by atoms with van der Waals surface area (Å²) in [5.41, 5.74) is 5.72. The Bertz CT molecular complexity index is 666. The molecule has 0 amide bonds. The van der Waals surface area contributed by atoms with Gasteiger partial charge in [0.15, 0.2) is 0 Å². The summed E-state index contributed by atoms with van der Waals surface area (Å²) in [6, 6.07) is 4.24. The Balaban J connectivity index is 2.63. The number of rotatable bonds is 2. The topological polar surface area (TPSA) is 28.7 Å². The molecule has 1 heterocycles. The van der Waals surface area contributed by atoms with Gasteiger partial charge < -0.3 is 4.98 Å². The van der Waals surface area contributed by atoms with Crippen molar-refractivity contribution < 1.29 is 0 Å². The number of nitrogens with one attached hydrogen (secondary N) is 1. The van der Waals surface area contributed by atoms with E-state index in [4.69, 9.17) is 12.2 Å². The molecule has 0 radical (unpaired) electrons. The molecule has 1 N–H and O–H groups in total. The first kappa shape index (κ1) is 14.4. The predicted octanol–water partition coefficient (Wildman–Crippen LogP) is 5.06. The Morgan fingerprint density at radius 3 is 2.26 bits per heavy atom. The smallest absolute Gasteiger partial charge is 0.139 e. The van der Waals surface area contributed by atoms with Crippen LogP contribution in [0.15, 0.2) is 16.6 Å². The van der Waals surface area contributed by atoms with Gasteiger partial charge in [0.1, 0.15) is 10.5 Å². The number of nitrogens with zero attached hydrogens (tertiary/aromatic N) is 1. The van der Waals surface area contributed by atoms with Crippen LogP contribution >= 0.6 is 28.1 Å². The van der Waals surface area contributed by atoms with Gasteiger partial charge in [-0.2, -0.15) is 0 Å². The first-order valence-electron chi connectivity index (χ1n) is 6.31. The molecule has 2 nitrogen and oxygen atoms in total. The van der Waals surface area contributed by atoms with Crippen LogP contribution in [0.1, 0.15) is 29.3 Å². The Labute approximate surface area is 127 Å². The summed E-state index contributed by atoms with van der Waals surface area (Å²) in [6.45, 7) is 8.32. The van der Waals surface area contributed by atoms with Crippen molar-refractivity contribution in [2.45, 2.75) is 34.1 Å². The van der Waals surface area contributed by atoms with E-state index < -0.39 is 0 Å². The van der Waals surface area contributed by atoms with E-state index in [1.54, 1.807) is 0 Å². The quantitative estimate of drug-likeness (QED) is 0.776. The Morgan fingerprint density at radius 2 is 1.79 bits per heavy atom. The summed E-state index contributed by atoms with van der Waals surface area (Å²) in [7, 11) is 0. The van der Waals surface area contributed by atoms with E-state index in [1.807, 2.05) is 0 Å². The van der Waals surface area contributed by atoms with Crippen molar-refractivity contribution >= 4 is 28.1 Å². The zero-order valence-corrected chi connectivity index (χ0v) is 14.0. The number of hydrogen-bond acceptors (Lipinski definition) is 2. The lowest BCUT2D eigenvalue weighted by Gasteiger charge is -2.10. The number of aromatic nitrogens is 2. The van der Waals surface area contributed by atoms with E-state index in [9.17, 15) is 0 Å². The van der Waals surface area contributed by atoms with Gasteiger partial charge in [-0.25, -0.2) is 4.98 Å². The fraction of sp³-hybridized carbons (Fsp3) is 0.333. The highest BCUT2D eigenvalue weighted by atomic mass is 79.9. The molecule has 2 rings (SSSR count). The van der Waals surface area contributed by atoms with Crippen molar-refractivity contribution in [1.82, 2.24) is 9.97 Å². The van der Waals surface area contributed by atoms with Gasteiger partial charge in [-0.1, -0.05) is 35.1 Å². The molecule has 0 bridgehead atoms. The third-order valence-electron chi connectivity index (χ3n) is 3.29. The van der Waals surface area contributed by atoms with Crippen molar-refractivity contribution in [2.75, 3.05) is 0 Å². The molecule has 0 spiro atoms. The third-order valence-corrected chi connectivity index (χ3v) is 4.88. The van der Waals surface area contributed by atoms with Gasteiger partial charge in [0, 0.05) is 21.3 Å². The van der Waals surface area contributed by atoms with Crippen LogP contribution < -0.4 is 0 Å². The van der Waals surface area contributed by atoms with Crippen molar-refractivity contribution in [2.24, 2.45) is 0 Å². The van der Waals surface area contributed by atoms with E-state index in [0.717, 1.165) is 33.5 Å². The first-order chi connectivity index (χ1) is 8.93. The number of H-pyrrole nitrogens is 1. The van der Waals surface area contributed by atoms with Crippen molar-refractivity contribution in [3.63, 3.8) is 0 Å². The average Bonchev–Trinajstić information content (AvgIpc) is 2.35. The Hall–Kier alpha value is -1.00. The lowest BCUT2D eigenvalue weighted by atomic mass is 10.1. The van der Waals surface area contributed by atoms with Crippen molar-refractivity contribution in [1.29, 1.82) is 0 Å². The molecule has 0 unspecified atom stereocenters. The summed E-state index contributed by atoms with van der Waals surface area (Å²) in [4.78, 5) is 7.90. The number of halogens is 1. The summed E-state index contributed by atoms with van der Waals surface area (Å²) >= 11 is 8.96. The molecule has 1 aromatic carbocycles. The second kappa shape index (κ2) is 5.55. The second-order valence-electron chi connectivity index (χ2n) is 4.77. The molecular formula is C15H17BrN2S. The largest absolute Gasteiger partial charge is 0.343 e. The number of benzene rings is 1. The number of hydrogen-bond donors (Lipinski definition) is 1. The fourth-order valence-electron chi connectivity index (χ4n) is 2.25. The molecule has 100 valence electrons. The van der Waals surface area contributed by atoms with Crippen LogP contribution in [0.5, 0.6) is 0 Å². The molecular weight excluding hydrogens is 320 g/mol. The normalized spacial score (nSPS) is 10.8. The van der Waals surface area contributed by atoms with Crippen LogP contribution in [-0.2, 0) is 6.42 Å². The van der Waals surface area contributed by atoms with E-state index in [-0.39, 0.29) is 0 Å². The van der Waals surface area contributed by atoms with E-state index in [1.165, 1.54) is 11.1 Å². The van der Waals surface area contributed by atoms with Crippen LogP contribution in [0, 0.1) is 25.4 Å². The average molecular weight is 337 g/mol. The number of aromatic amines is 1. The van der Waals surface area contributed by atoms with Crippen LogP contribution in [-0.4, -0.2) is 9.97 Å². The summed E-state index contributed by atoms with van der Waals surface area (Å²) in [6.07, 6.45) is 0.910. The molecule has 4 heteroatoms. The lowest BCUT2D eigenvalue weighted by molar-refractivity contribution is 0.989. The third kappa shape index (κ3) is 2.79. The SMILES string of the molecule is CCc1c(C)[nH]c(-c2cc(C)c(Br)c(C)c2)nc1=S. The molecule has 1 aromatic heterocycles. The van der Waals surface area contributed by atoms with Gasteiger partial charge in [0.25, 0.3) is 0 Å². The molecule has 0 aliphatic rings. The fourth-order valence-corrected chi connectivity index (χ4v) is 2.86. The molecule has 0 fully saturated rings. The summed E-state index contributed by atoms with van der Waals surface area (Å²) in [5, 5.41) is 0. The van der Waals surface area contributed by atoms with Crippen LogP contribution in [0.2, 0.25) is 0 Å². The monoisotopic (exact) mass is 336 g/mol.